The highest BCUT2D eigenvalue weighted by Crippen LogP contribution is 2.15. The van der Waals surface area contributed by atoms with Crippen molar-refractivity contribution in [2.45, 2.75) is 46.3 Å². The Labute approximate surface area is 153 Å². The Kier molecular flexibility index (Phi) is 13.1. The van der Waals surface area contributed by atoms with Crippen LogP contribution in [0.15, 0.2) is 0 Å². The standard InChI is InChI=1S/C16H36N2O6Si/c1-7-22-25(23-8-2,24-9-3)13-11-18-15(19)17-10-12-21-14-16(4,5)20-6/h7-14H2,1-6H3,(H2,17,18,19). The quantitative estimate of drug-likeness (QED) is 0.333. The molecule has 0 rings (SSSR count). The summed E-state index contributed by atoms with van der Waals surface area (Å²) in [5.74, 6) is 0. The number of nitrogens with one attached hydrogen (secondary N) is 2. The van der Waals surface area contributed by atoms with E-state index in [9.17, 15) is 4.79 Å². The zero-order valence-corrected chi connectivity index (χ0v) is 17.6. The van der Waals surface area contributed by atoms with Crippen molar-refractivity contribution in [2.24, 2.45) is 0 Å². The largest absolute Gasteiger partial charge is 0.502 e. The molecular weight excluding hydrogens is 344 g/mol. The van der Waals surface area contributed by atoms with Gasteiger partial charge in [-0.15, -0.1) is 0 Å². The molecule has 0 aromatic carbocycles. The Morgan fingerprint density at radius 2 is 1.48 bits per heavy atom. The van der Waals surface area contributed by atoms with Crippen LogP contribution in [0, 0.1) is 0 Å². The van der Waals surface area contributed by atoms with Crippen molar-refractivity contribution in [1.82, 2.24) is 10.6 Å². The monoisotopic (exact) mass is 380 g/mol. The van der Waals surface area contributed by atoms with Crippen LogP contribution in [0.25, 0.3) is 0 Å². The van der Waals surface area contributed by atoms with E-state index in [-0.39, 0.29) is 11.6 Å². The molecule has 9 heteroatoms. The van der Waals surface area contributed by atoms with Gasteiger partial charge in [-0.25, -0.2) is 4.79 Å². The van der Waals surface area contributed by atoms with Gasteiger partial charge in [0.1, 0.15) is 0 Å². The molecule has 0 fully saturated rings. The number of amides is 2. The maximum Gasteiger partial charge on any atom is 0.502 e. The molecule has 0 heterocycles. The Morgan fingerprint density at radius 1 is 0.960 bits per heavy atom. The molecule has 0 saturated heterocycles. The van der Waals surface area contributed by atoms with Gasteiger partial charge in [0, 0.05) is 46.1 Å². The molecule has 0 bridgehead atoms. The highest BCUT2D eigenvalue weighted by molar-refractivity contribution is 6.60. The van der Waals surface area contributed by atoms with Crippen LogP contribution in [0.1, 0.15) is 34.6 Å². The van der Waals surface area contributed by atoms with Gasteiger partial charge in [-0.1, -0.05) is 0 Å². The molecule has 0 unspecified atom stereocenters. The fraction of sp³-hybridized carbons (Fsp3) is 0.938. The number of hydrogen-bond donors (Lipinski definition) is 2. The molecule has 0 aliphatic carbocycles. The first kappa shape index (κ1) is 24.3. The van der Waals surface area contributed by atoms with Crippen LogP contribution in [0.3, 0.4) is 0 Å². The van der Waals surface area contributed by atoms with Crippen LogP contribution < -0.4 is 10.6 Å². The molecule has 0 aliphatic rings. The van der Waals surface area contributed by atoms with E-state index in [1.165, 1.54) is 0 Å². The summed E-state index contributed by atoms with van der Waals surface area (Å²) in [5, 5.41) is 5.54. The molecule has 0 spiro atoms. The first-order chi connectivity index (χ1) is 11.8. The molecule has 0 aliphatic heterocycles. The van der Waals surface area contributed by atoms with E-state index in [1.807, 2.05) is 34.6 Å². The molecule has 2 amide bonds. The summed E-state index contributed by atoms with van der Waals surface area (Å²) < 4.78 is 27.9. The molecule has 0 atom stereocenters. The van der Waals surface area contributed by atoms with E-state index in [0.29, 0.717) is 52.2 Å². The maximum absolute atomic E-state index is 11.8. The number of hydrogen-bond acceptors (Lipinski definition) is 6. The van der Waals surface area contributed by atoms with E-state index in [2.05, 4.69) is 10.6 Å². The molecular formula is C16H36N2O6Si. The topological polar surface area (TPSA) is 87.3 Å². The third-order valence-corrected chi connectivity index (χ3v) is 6.39. The van der Waals surface area contributed by atoms with Gasteiger partial charge in [0.15, 0.2) is 0 Å². The summed E-state index contributed by atoms with van der Waals surface area (Å²) in [5.41, 5.74) is -0.325. The van der Waals surface area contributed by atoms with E-state index < -0.39 is 8.80 Å². The summed E-state index contributed by atoms with van der Waals surface area (Å²) in [6.45, 7) is 12.9. The predicted molar refractivity (Wildman–Crippen MR) is 98.7 cm³/mol. The van der Waals surface area contributed by atoms with Crippen LogP contribution in [0.4, 0.5) is 4.79 Å². The van der Waals surface area contributed by atoms with Crippen LogP contribution in [-0.4, -0.2) is 73.7 Å². The number of carbonyl (C=O) groups is 1. The van der Waals surface area contributed by atoms with Crippen molar-refractivity contribution in [2.75, 3.05) is 53.2 Å². The van der Waals surface area contributed by atoms with Gasteiger partial charge in [0.2, 0.25) is 0 Å². The highest BCUT2D eigenvalue weighted by Gasteiger charge is 2.39. The smallest absolute Gasteiger partial charge is 0.377 e. The molecule has 2 N–H and O–H groups in total. The second-order valence-corrected chi connectivity index (χ2v) is 8.66. The number of urea groups is 1. The van der Waals surface area contributed by atoms with E-state index in [1.54, 1.807) is 7.11 Å². The van der Waals surface area contributed by atoms with Crippen molar-refractivity contribution < 1.29 is 27.5 Å². The summed E-state index contributed by atoms with van der Waals surface area (Å²) in [7, 11) is -1.07. The SMILES string of the molecule is CCO[Si](CCNC(=O)NCCOCC(C)(C)OC)(OCC)OCC. The molecule has 25 heavy (non-hydrogen) atoms. The molecule has 150 valence electrons. The summed E-state index contributed by atoms with van der Waals surface area (Å²) in [6, 6.07) is 0.288. The van der Waals surface area contributed by atoms with Crippen LogP contribution >= 0.6 is 0 Å². The van der Waals surface area contributed by atoms with Crippen molar-refractivity contribution in [1.29, 1.82) is 0 Å². The van der Waals surface area contributed by atoms with E-state index >= 15 is 0 Å². The first-order valence-electron chi connectivity index (χ1n) is 8.91. The van der Waals surface area contributed by atoms with Crippen molar-refractivity contribution in [3.8, 4) is 0 Å². The zero-order valence-electron chi connectivity index (χ0n) is 16.6. The van der Waals surface area contributed by atoms with Crippen molar-refractivity contribution in [3.63, 3.8) is 0 Å². The van der Waals surface area contributed by atoms with E-state index in [0.717, 1.165) is 0 Å². The van der Waals surface area contributed by atoms with E-state index in [4.69, 9.17) is 22.8 Å². The fourth-order valence-corrected chi connectivity index (χ4v) is 4.44. The normalized spacial score (nSPS) is 12.2. The lowest BCUT2D eigenvalue weighted by Crippen LogP contribution is -2.49. The van der Waals surface area contributed by atoms with Gasteiger partial charge in [0.05, 0.1) is 18.8 Å². The van der Waals surface area contributed by atoms with Gasteiger partial charge in [0.25, 0.3) is 0 Å². The minimum atomic E-state index is -2.71. The Bertz CT molecular complexity index is 340. The second kappa shape index (κ2) is 13.5. The van der Waals surface area contributed by atoms with Gasteiger partial charge < -0.3 is 33.4 Å². The first-order valence-corrected chi connectivity index (χ1v) is 10.8. The molecule has 0 radical (unpaired) electrons. The van der Waals surface area contributed by atoms with Gasteiger partial charge in [-0.05, 0) is 34.6 Å². The number of ether oxygens (including phenoxy) is 2. The van der Waals surface area contributed by atoms with Crippen LogP contribution in [0.5, 0.6) is 0 Å². The second-order valence-electron chi connectivity index (χ2n) is 5.93. The lowest BCUT2D eigenvalue weighted by atomic mass is 10.1. The highest BCUT2D eigenvalue weighted by atomic mass is 28.4. The maximum atomic E-state index is 11.8. The summed E-state index contributed by atoms with van der Waals surface area (Å²) in [6.07, 6.45) is 0. The van der Waals surface area contributed by atoms with Gasteiger partial charge in [-0.3, -0.25) is 0 Å². The fourth-order valence-electron chi connectivity index (χ4n) is 2.01. The number of carbonyl (C=O) groups excluding carboxylic acids is 1. The van der Waals surface area contributed by atoms with Crippen molar-refractivity contribution in [3.05, 3.63) is 0 Å². The Balaban J connectivity index is 4.02. The zero-order chi connectivity index (χ0) is 19.2. The average molecular weight is 381 g/mol. The Hall–Kier alpha value is -0.713. The molecule has 8 nitrogen and oxygen atoms in total. The van der Waals surface area contributed by atoms with Crippen LogP contribution in [0.2, 0.25) is 6.04 Å². The lowest BCUT2D eigenvalue weighted by molar-refractivity contribution is -0.0495. The Morgan fingerprint density at radius 3 is 1.96 bits per heavy atom. The number of methoxy groups -OCH3 is 1. The molecule has 0 saturated carbocycles. The number of rotatable bonds is 15. The van der Waals surface area contributed by atoms with Gasteiger partial charge >= 0.3 is 14.8 Å². The van der Waals surface area contributed by atoms with Crippen LogP contribution in [-0.2, 0) is 22.8 Å². The lowest BCUT2D eigenvalue weighted by Gasteiger charge is -2.28. The third kappa shape index (κ3) is 11.5. The van der Waals surface area contributed by atoms with Gasteiger partial charge in [-0.2, -0.15) is 0 Å². The summed E-state index contributed by atoms with van der Waals surface area (Å²) in [4.78, 5) is 11.8. The minimum Gasteiger partial charge on any atom is -0.377 e. The predicted octanol–water partition coefficient (Wildman–Crippen LogP) is 1.78. The summed E-state index contributed by atoms with van der Waals surface area (Å²) >= 11 is 0. The van der Waals surface area contributed by atoms with Crippen molar-refractivity contribution >= 4 is 14.8 Å². The molecule has 0 aromatic heterocycles. The third-order valence-electron chi connectivity index (χ3n) is 3.34. The average Bonchev–Trinajstić information content (AvgIpc) is 2.55. The minimum absolute atomic E-state index is 0.248. The molecule has 0 aromatic rings.